The standard InChI is InChI=1S/C35H44O4/c1-21-17-22(2)31(23(3)18-21)25-7-5-24(6-8-25)27-19-33(4)28(9-10-30(33)36)26-11-13-34(37)20-35(38-15-16-39-35)14-12-29(34)32(26)27/h5-8,17-18,26-28,30,36-37H,9-16,19-20H2,1-4H3/t26?,27?,28?,30?,33-,34+/m0/s1. The minimum Gasteiger partial charge on any atom is -0.393 e. The average molecular weight is 529 g/mol. The Morgan fingerprint density at radius 2 is 1.59 bits per heavy atom. The molecule has 39 heavy (non-hydrogen) atoms. The Kier molecular flexibility index (Phi) is 6.00. The number of ether oxygens (including phenoxy) is 2. The van der Waals surface area contributed by atoms with E-state index in [1.165, 1.54) is 44.5 Å². The van der Waals surface area contributed by atoms with Gasteiger partial charge in [-0.2, -0.15) is 0 Å². The third-order valence-corrected chi connectivity index (χ3v) is 11.5. The molecule has 4 fully saturated rings. The largest absolute Gasteiger partial charge is 0.393 e. The Bertz CT molecular complexity index is 1300. The summed E-state index contributed by atoms with van der Waals surface area (Å²) < 4.78 is 12.2. The first-order valence-electron chi connectivity index (χ1n) is 15.2. The van der Waals surface area contributed by atoms with Crippen LogP contribution in [0.1, 0.15) is 86.5 Å². The molecule has 2 N–H and O–H groups in total. The van der Waals surface area contributed by atoms with Gasteiger partial charge in [-0.25, -0.2) is 0 Å². The molecule has 4 unspecified atom stereocenters. The number of benzene rings is 2. The van der Waals surface area contributed by atoms with Crippen LogP contribution in [0.5, 0.6) is 0 Å². The number of allylic oxidation sites excluding steroid dienone is 1. The van der Waals surface area contributed by atoms with Crippen LogP contribution in [0.2, 0.25) is 0 Å². The summed E-state index contributed by atoms with van der Waals surface area (Å²) in [5, 5.41) is 23.4. The first kappa shape index (κ1) is 26.0. The van der Waals surface area contributed by atoms with Gasteiger partial charge >= 0.3 is 0 Å². The SMILES string of the molecule is Cc1cc(C)c(-c2ccc(C3C[C@]4(C)C(O)CCC4C4CC[C@@]5(O)CC6(CCC5=C34)OCCO6)cc2)c(C)c1. The minimum atomic E-state index is -0.853. The highest BCUT2D eigenvalue weighted by molar-refractivity contribution is 5.71. The summed E-state index contributed by atoms with van der Waals surface area (Å²) in [6.45, 7) is 10.2. The zero-order chi connectivity index (χ0) is 27.2. The predicted molar refractivity (Wildman–Crippen MR) is 153 cm³/mol. The van der Waals surface area contributed by atoms with Crippen molar-refractivity contribution in [2.45, 2.75) is 102 Å². The van der Waals surface area contributed by atoms with Crippen LogP contribution >= 0.6 is 0 Å². The number of aryl methyl sites for hydroxylation is 3. The molecule has 5 aliphatic rings. The summed E-state index contributed by atoms with van der Waals surface area (Å²) in [5.41, 5.74) is 9.68. The number of hydrogen-bond donors (Lipinski definition) is 2. The summed E-state index contributed by atoms with van der Waals surface area (Å²) in [4.78, 5) is 0. The van der Waals surface area contributed by atoms with Gasteiger partial charge in [-0.15, -0.1) is 0 Å². The third kappa shape index (κ3) is 3.93. The summed E-state index contributed by atoms with van der Waals surface area (Å²) in [6, 6.07) is 13.8. The lowest BCUT2D eigenvalue weighted by atomic mass is 9.51. The van der Waals surface area contributed by atoms with Gasteiger partial charge in [0.15, 0.2) is 5.79 Å². The van der Waals surface area contributed by atoms with Crippen molar-refractivity contribution in [2.24, 2.45) is 17.3 Å². The first-order valence-corrected chi connectivity index (χ1v) is 15.2. The van der Waals surface area contributed by atoms with Crippen LogP contribution in [0.3, 0.4) is 0 Å². The Morgan fingerprint density at radius 1 is 0.897 bits per heavy atom. The quantitative estimate of drug-likeness (QED) is 0.416. The van der Waals surface area contributed by atoms with Crippen molar-refractivity contribution in [2.75, 3.05) is 13.2 Å². The molecule has 4 aliphatic carbocycles. The Morgan fingerprint density at radius 3 is 2.28 bits per heavy atom. The molecule has 3 saturated carbocycles. The molecule has 0 amide bonds. The smallest absolute Gasteiger partial charge is 0.171 e. The highest BCUT2D eigenvalue weighted by Gasteiger charge is 2.60. The van der Waals surface area contributed by atoms with E-state index in [0.29, 0.717) is 31.5 Å². The van der Waals surface area contributed by atoms with Crippen LogP contribution in [0, 0.1) is 38.0 Å². The van der Waals surface area contributed by atoms with E-state index in [1.807, 2.05) is 0 Å². The molecule has 0 aromatic heterocycles. The monoisotopic (exact) mass is 528 g/mol. The van der Waals surface area contributed by atoms with Crippen LogP contribution < -0.4 is 0 Å². The van der Waals surface area contributed by atoms with E-state index < -0.39 is 11.4 Å². The second-order valence-corrected chi connectivity index (χ2v) is 13.8. The fourth-order valence-electron chi connectivity index (χ4n) is 9.80. The van der Waals surface area contributed by atoms with E-state index in [-0.39, 0.29) is 17.4 Å². The van der Waals surface area contributed by atoms with Crippen LogP contribution in [0.4, 0.5) is 0 Å². The average Bonchev–Trinajstić information content (AvgIpc) is 3.46. The zero-order valence-corrected chi connectivity index (χ0v) is 24.1. The fraction of sp³-hybridized carbons (Fsp3) is 0.600. The molecule has 2 aromatic rings. The maximum absolute atomic E-state index is 12.2. The van der Waals surface area contributed by atoms with Gasteiger partial charge in [0.2, 0.25) is 0 Å². The molecule has 1 heterocycles. The molecular weight excluding hydrogens is 484 g/mol. The maximum Gasteiger partial charge on any atom is 0.171 e. The van der Waals surface area contributed by atoms with Crippen molar-refractivity contribution >= 4 is 0 Å². The van der Waals surface area contributed by atoms with Gasteiger partial charge in [0.25, 0.3) is 0 Å². The molecular formula is C35H44O4. The number of aliphatic hydroxyl groups excluding tert-OH is 1. The van der Waals surface area contributed by atoms with Crippen LogP contribution in [-0.2, 0) is 9.47 Å². The van der Waals surface area contributed by atoms with Gasteiger partial charge < -0.3 is 19.7 Å². The van der Waals surface area contributed by atoms with E-state index in [0.717, 1.165) is 44.9 Å². The predicted octanol–water partition coefficient (Wildman–Crippen LogP) is 6.91. The van der Waals surface area contributed by atoms with Crippen molar-refractivity contribution in [1.82, 2.24) is 0 Å². The van der Waals surface area contributed by atoms with Crippen LogP contribution in [0.25, 0.3) is 11.1 Å². The van der Waals surface area contributed by atoms with E-state index in [9.17, 15) is 10.2 Å². The molecule has 208 valence electrons. The zero-order valence-electron chi connectivity index (χ0n) is 24.1. The molecule has 0 radical (unpaired) electrons. The summed E-state index contributed by atoms with van der Waals surface area (Å²) in [6.07, 6.45) is 6.65. The van der Waals surface area contributed by atoms with E-state index in [4.69, 9.17) is 9.47 Å². The lowest BCUT2D eigenvalue weighted by molar-refractivity contribution is -0.208. The number of aliphatic hydroxyl groups is 2. The minimum absolute atomic E-state index is 0.0782. The van der Waals surface area contributed by atoms with Crippen LogP contribution in [0.15, 0.2) is 47.5 Å². The molecule has 6 atom stereocenters. The van der Waals surface area contributed by atoms with Gasteiger partial charge in [-0.3, -0.25) is 0 Å². The second-order valence-electron chi connectivity index (χ2n) is 13.8. The molecule has 7 rings (SSSR count). The highest BCUT2D eigenvalue weighted by Crippen LogP contribution is 2.65. The molecule has 2 aromatic carbocycles. The van der Waals surface area contributed by atoms with E-state index in [1.54, 1.807) is 0 Å². The summed E-state index contributed by atoms with van der Waals surface area (Å²) in [5.74, 6) is 0.531. The number of hydrogen-bond acceptors (Lipinski definition) is 4. The van der Waals surface area contributed by atoms with Crippen molar-refractivity contribution in [1.29, 1.82) is 0 Å². The van der Waals surface area contributed by atoms with Crippen molar-refractivity contribution in [3.8, 4) is 11.1 Å². The molecule has 0 bridgehead atoms. The van der Waals surface area contributed by atoms with Crippen LogP contribution in [-0.4, -0.2) is 40.9 Å². The Labute approximate surface area is 233 Å². The van der Waals surface area contributed by atoms with E-state index >= 15 is 0 Å². The van der Waals surface area contributed by atoms with Gasteiger partial charge in [0.05, 0.1) is 24.9 Å². The fourth-order valence-corrected chi connectivity index (χ4v) is 9.80. The molecule has 1 spiro atoms. The Balaban J connectivity index is 1.32. The Hall–Kier alpha value is -1.98. The topological polar surface area (TPSA) is 58.9 Å². The molecule has 1 aliphatic heterocycles. The molecule has 4 heteroatoms. The number of fused-ring (bicyclic) bond motifs is 4. The maximum atomic E-state index is 12.2. The number of rotatable bonds is 2. The van der Waals surface area contributed by atoms with Crippen molar-refractivity contribution in [3.05, 3.63) is 69.8 Å². The normalized spacial score (nSPS) is 37.1. The lowest BCUT2D eigenvalue weighted by Gasteiger charge is -2.56. The first-order chi connectivity index (χ1) is 18.6. The summed E-state index contributed by atoms with van der Waals surface area (Å²) >= 11 is 0. The lowest BCUT2D eigenvalue weighted by Crippen LogP contribution is -2.53. The van der Waals surface area contributed by atoms with Crippen molar-refractivity contribution in [3.63, 3.8) is 0 Å². The van der Waals surface area contributed by atoms with Gasteiger partial charge in [-0.1, -0.05) is 54.5 Å². The van der Waals surface area contributed by atoms with Gasteiger partial charge in [0, 0.05) is 18.8 Å². The molecule has 1 saturated heterocycles. The van der Waals surface area contributed by atoms with Crippen molar-refractivity contribution < 1.29 is 19.7 Å². The third-order valence-electron chi connectivity index (χ3n) is 11.5. The second kappa shape index (κ2) is 9.01. The summed E-state index contributed by atoms with van der Waals surface area (Å²) in [7, 11) is 0. The highest BCUT2D eigenvalue weighted by atomic mass is 16.7. The van der Waals surface area contributed by atoms with Gasteiger partial charge in [-0.05, 0) is 110 Å². The molecule has 4 nitrogen and oxygen atoms in total. The van der Waals surface area contributed by atoms with Gasteiger partial charge in [0.1, 0.15) is 0 Å². The van der Waals surface area contributed by atoms with E-state index in [2.05, 4.69) is 64.1 Å².